The highest BCUT2D eigenvalue weighted by atomic mass is 35.5. The average molecular weight is 344 g/mol. The normalized spacial score (nSPS) is 21.7. The van der Waals surface area contributed by atoms with Crippen LogP contribution < -0.4 is 10.0 Å². The first kappa shape index (κ1) is 17.2. The van der Waals surface area contributed by atoms with Gasteiger partial charge in [-0.1, -0.05) is 17.7 Å². The zero-order valence-corrected chi connectivity index (χ0v) is 13.8. The molecule has 0 aliphatic carbocycles. The van der Waals surface area contributed by atoms with Crippen molar-refractivity contribution in [2.24, 2.45) is 0 Å². The van der Waals surface area contributed by atoms with Crippen LogP contribution in [0.3, 0.4) is 0 Å². The summed E-state index contributed by atoms with van der Waals surface area (Å²) in [5.41, 5.74) is -0.454. The lowest BCUT2D eigenvalue weighted by Crippen LogP contribution is -2.52. The highest BCUT2D eigenvalue weighted by molar-refractivity contribution is 7.89. The van der Waals surface area contributed by atoms with Gasteiger partial charge in [-0.25, -0.2) is 13.1 Å². The quantitative estimate of drug-likeness (QED) is 0.811. The van der Waals surface area contributed by atoms with Gasteiger partial charge in [-0.15, -0.1) is 0 Å². The highest BCUT2D eigenvalue weighted by Crippen LogP contribution is 2.24. The van der Waals surface area contributed by atoms with E-state index < -0.39 is 15.6 Å². The van der Waals surface area contributed by atoms with Gasteiger partial charge >= 0.3 is 0 Å². The number of nitrogens with one attached hydrogen (secondary N) is 2. The van der Waals surface area contributed by atoms with Gasteiger partial charge in [-0.3, -0.25) is 0 Å². The van der Waals surface area contributed by atoms with Crippen LogP contribution in [0, 0.1) is 11.3 Å². The Morgan fingerprint density at radius 3 is 2.91 bits per heavy atom. The Morgan fingerprint density at radius 2 is 2.32 bits per heavy atom. The number of rotatable bonds is 6. The van der Waals surface area contributed by atoms with Gasteiger partial charge in [-0.2, -0.15) is 5.26 Å². The zero-order chi connectivity index (χ0) is 16.2. The van der Waals surface area contributed by atoms with E-state index in [0.29, 0.717) is 6.61 Å². The van der Waals surface area contributed by atoms with Crippen molar-refractivity contribution in [1.82, 2.24) is 10.0 Å². The van der Waals surface area contributed by atoms with E-state index in [1.807, 2.05) is 6.07 Å². The van der Waals surface area contributed by atoms with E-state index in [9.17, 15) is 8.42 Å². The van der Waals surface area contributed by atoms with Crippen LogP contribution in [0.25, 0.3) is 0 Å². The molecular weight excluding hydrogens is 326 g/mol. The Balaban J connectivity index is 2.22. The third-order valence-electron chi connectivity index (χ3n) is 3.73. The molecule has 120 valence electrons. The lowest BCUT2D eigenvalue weighted by atomic mass is 9.99. The highest BCUT2D eigenvalue weighted by Gasteiger charge is 2.35. The molecule has 0 radical (unpaired) electrons. The molecule has 0 saturated carbocycles. The molecule has 6 nitrogen and oxygen atoms in total. The molecule has 1 aromatic rings. The maximum absolute atomic E-state index is 12.5. The Kier molecular flexibility index (Phi) is 5.42. The predicted molar refractivity (Wildman–Crippen MR) is 83.2 cm³/mol. The summed E-state index contributed by atoms with van der Waals surface area (Å²) in [5, 5.41) is 12.5. The van der Waals surface area contributed by atoms with Gasteiger partial charge in [0.1, 0.15) is 11.0 Å². The molecule has 0 bridgehead atoms. The third kappa shape index (κ3) is 3.59. The maximum Gasteiger partial charge on any atom is 0.242 e. The van der Waals surface area contributed by atoms with Crippen molar-refractivity contribution < 1.29 is 13.2 Å². The molecule has 0 amide bonds. The molecule has 1 unspecified atom stereocenters. The maximum atomic E-state index is 12.5. The van der Waals surface area contributed by atoms with Crippen molar-refractivity contribution in [3.05, 3.63) is 28.8 Å². The second-order valence-corrected chi connectivity index (χ2v) is 7.44. The molecule has 1 aliphatic rings. The second-order valence-electron chi connectivity index (χ2n) is 5.29. The summed E-state index contributed by atoms with van der Waals surface area (Å²) in [6.45, 7) is 1.43. The molecule has 2 rings (SSSR count). The molecule has 1 saturated heterocycles. The zero-order valence-electron chi connectivity index (χ0n) is 12.2. The van der Waals surface area contributed by atoms with Gasteiger partial charge in [0.15, 0.2) is 0 Å². The van der Waals surface area contributed by atoms with E-state index in [4.69, 9.17) is 21.6 Å². The average Bonchev–Trinajstić information content (AvgIpc) is 2.94. The van der Waals surface area contributed by atoms with Crippen molar-refractivity contribution in [1.29, 1.82) is 5.26 Å². The number of halogens is 1. The molecule has 1 aliphatic heterocycles. The van der Waals surface area contributed by atoms with Crippen LogP contribution in [0.4, 0.5) is 0 Å². The number of hydrogen-bond acceptors (Lipinski definition) is 5. The van der Waals surface area contributed by atoms with Crippen LogP contribution in [-0.4, -0.2) is 40.8 Å². The fraction of sp³-hybridized carbons (Fsp3) is 0.500. The fourth-order valence-corrected chi connectivity index (χ4v) is 4.19. The van der Waals surface area contributed by atoms with Crippen LogP contribution in [0.2, 0.25) is 5.02 Å². The summed E-state index contributed by atoms with van der Waals surface area (Å²) in [6, 6.07) is 6.21. The molecule has 1 atom stereocenters. The summed E-state index contributed by atoms with van der Waals surface area (Å²) in [7, 11) is -2.24. The minimum absolute atomic E-state index is 0.0446. The Labute approximate surface area is 135 Å². The monoisotopic (exact) mass is 343 g/mol. The fourth-order valence-electron chi connectivity index (χ4n) is 2.62. The molecule has 2 N–H and O–H groups in total. The van der Waals surface area contributed by atoms with E-state index in [-0.39, 0.29) is 22.0 Å². The van der Waals surface area contributed by atoms with Crippen LogP contribution in [0.15, 0.2) is 23.1 Å². The van der Waals surface area contributed by atoms with Gasteiger partial charge < -0.3 is 10.1 Å². The molecule has 0 spiro atoms. The van der Waals surface area contributed by atoms with E-state index in [2.05, 4.69) is 10.0 Å². The number of sulfonamides is 1. The van der Waals surface area contributed by atoms with Crippen LogP contribution in [0.1, 0.15) is 18.4 Å². The molecule has 1 aromatic carbocycles. The summed E-state index contributed by atoms with van der Waals surface area (Å²) >= 11 is 5.89. The minimum atomic E-state index is -3.82. The first-order chi connectivity index (χ1) is 10.4. The van der Waals surface area contributed by atoms with Crippen LogP contribution in [0.5, 0.6) is 0 Å². The molecule has 1 fully saturated rings. The number of nitriles is 1. The number of methoxy groups -OCH3 is 1. The van der Waals surface area contributed by atoms with E-state index in [1.54, 1.807) is 7.11 Å². The Hall–Kier alpha value is -1.17. The molecule has 1 heterocycles. The molecule has 0 aromatic heterocycles. The number of ether oxygens (including phenoxy) is 1. The standard InChI is InChI=1S/C14H18ClN3O3S/c1-21-10-14(6-3-7-17-14)9-18-22(19,20)13-5-2-4-12(15)11(13)8-16/h2,4-5,17-18H,3,6-7,9-10H2,1H3. The van der Waals surface area contributed by atoms with Crippen molar-refractivity contribution in [3.8, 4) is 6.07 Å². The van der Waals surface area contributed by atoms with E-state index in [1.165, 1.54) is 18.2 Å². The van der Waals surface area contributed by atoms with Crippen molar-refractivity contribution in [2.45, 2.75) is 23.3 Å². The van der Waals surface area contributed by atoms with Crippen molar-refractivity contribution >= 4 is 21.6 Å². The number of nitrogens with zero attached hydrogens (tertiary/aromatic N) is 1. The van der Waals surface area contributed by atoms with Gasteiger partial charge in [0.05, 0.1) is 22.7 Å². The van der Waals surface area contributed by atoms with Gasteiger partial charge in [0, 0.05) is 13.7 Å². The topological polar surface area (TPSA) is 91.2 Å². The summed E-state index contributed by atoms with van der Waals surface area (Å²) in [4.78, 5) is -0.104. The largest absolute Gasteiger partial charge is 0.383 e. The first-order valence-electron chi connectivity index (χ1n) is 6.86. The Bertz CT molecular complexity index is 679. The minimum Gasteiger partial charge on any atom is -0.383 e. The molecule has 22 heavy (non-hydrogen) atoms. The van der Waals surface area contributed by atoms with Gasteiger partial charge in [0.2, 0.25) is 10.0 Å². The summed E-state index contributed by atoms with van der Waals surface area (Å²) in [5.74, 6) is 0. The van der Waals surface area contributed by atoms with Gasteiger partial charge in [-0.05, 0) is 31.5 Å². The third-order valence-corrected chi connectivity index (χ3v) is 5.49. The van der Waals surface area contributed by atoms with Crippen LogP contribution >= 0.6 is 11.6 Å². The summed E-state index contributed by atoms with van der Waals surface area (Å²) < 4.78 is 32.7. The second kappa shape index (κ2) is 6.94. The Morgan fingerprint density at radius 1 is 1.55 bits per heavy atom. The summed E-state index contributed by atoms with van der Waals surface area (Å²) in [6.07, 6.45) is 1.79. The molecule has 8 heteroatoms. The van der Waals surface area contributed by atoms with Crippen molar-refractivity contribution in [2.75, 3.05) is 26.8 Å². The van der Waals surface area contributed by atoms with E-state index in [0.717, 1.165) is 19.4 Å². The lowest BCUT2D eigenvalue weighted by molar-refractivity contribution is 0.122. The van der Waals surface area contributed by atoms with Crippen molar-refractivity contribution in [3.63, 3.8) is 0 Å². The number of benzene rings is 1. The number of hydrogen-bond donors (Lipinski definition) is 2. The SMILES string of the molecule is COCC1(CNS(=O)(=O)c2cccc(Cl)c2C#N)CCCN1. The molecular formula is C14H18ClN3O3S. The predicted octanol–water partition coefficient (Wildman–Crippen LogP) is 1.26. The first-order valence-corrected chi connectivity index (χ1v) is 8.72. The lowest BCUT2D eigenvalue weighted by Gasteiger charge is -2.28. The van der Waals surface area contributed by atoms with Gasteiger partial charge in [0.25, 0.3) is 0 Å². The van der Waals surface area contributed by atoms with E-state index >= 15 is 0 Å². The smallest absolute Gasteiger partial charge is 0.242 e. The van der Waals surface area contributed by atoms with Crippen LogP contribution in [-0.2, 0) is 14.8 Å².